The molecule has 0 fully saturated rings. The van der Waals surface area contributed by atoms with Crippen LogP contribution in [0.25, 0.3) is 0 Å². The molecule has 2 rings (SSSR count). The Morgan fingerprint density at radius 2 is 2.05 bits per heavy atom. The summed E-state index contributed by atoms with van der Waals surface area (Å²) in [5.74, 6) is 8.29. The Bertz CT molecular complexity index is 487. The second kappa shape index (κ2) is 7.46. The van der Waals surface area contributed by atoms with Gasteiger partial charge >= 0.3 is 0 Å². The summed E-state index contributed by atoms with van der Waals surface area (Å²) in [5.41, 5.74) is 2.80. The van der Waals surface area contributed by atoms with Crippen LogP contribution in [0.2, 0.25) is 0 Å². The SMILES string of the molecule is CC#CC1=C(SCc2ccccc2)CC(C)CCC1. The Hall–Kier alpha value is -1.13. The van der Waals surface area contributed by atoms with Crippen molar-refractivity contribution in [3.63, 3.8) is 0 Å². The molecule has 1 aromatic rings. The van der Waals surface area contributed by atoms with Crippen molar-refractivity contribution < 1.29 is 0 Å². The number of thioether (sulfide) groups is 1. The zero-order chi connectivity index (χ0) is 13.5. The summed E-state index contributed by atoms with van der Waals surface area (Å²) in [4.78, 5) is 1.53. The molecule has 0 radical (unpaired) electrons. The fraction of sp³-hybridized carbons (Fsp3) is 0.444. The van der Waals surface area contributed by atoms with Crippen LogP contribution in [0.4, 0.5) is 0 Å². The van der Waals surface area contributed by atoms with Crippen LogP contribution in [-0.4, -0.2) is 0 Å². The number of hydrogen-bond acceptors (Lipinski definition) is 1. The van der Waals surface area contributed by atoms with E-state index in [1.165, 1.54) is 41.7 Å². The average molecular weight is 270 g/mol. The van der Waals surface area contributed by atoms with Crippen LogP contribution in [0, 0.1) is 17.8 Å². The van der Waals surface area contributed by atoms with Crippen LogP contribution >= 0.6 is 11.8 Å². The highest BCUT2D eigenvalue weighted by Crippen LogP contribution is 2.35. The fourth-order valence-corrected chi connectivity index (χ4v) is 3.75. The molecule has 0 bridgehead atoms. The minimum Gasteiger partial charge on any atom is -0.125 e. The van der Waals surface area contributed by atoms with Crippen molar-refractivity contribution in [2.24, 2.45) is 5.92 Å². The molecule has 0 aliphatic heterocycles. The highest BCUT2D eigenvalue weighted by atomic mass is 32.2. The van der Waals surface area contributed by atoms with Crippen molar-refractivity contribution in [2.75, 3.05) is 0 Å². The first kappa shape index (κ1) is 14.3. The van der Waals surface area contributed by atoms with Crippen molar-refractivity contribution >= 4 is 11.8 Å². The van der Waals surface area contributed by atoms with E-state index < -0.39 is 0 Å². The molecule has 0 saturated carbocycles. The van der Waals surface area contributed by atoms with Crippen LogP contribution < -0.4 is 0 Å². The Balaban J connectivity index is 2.10. The van der Waals surface area contributed by atoms with Gasteiger partial charge in [-0.25, -0.2) is 0 Å². The molecule has 1 heteroatoms. The van der Waals surface area contributed by atoms with E-state index in [9.17, 15) is 0 Å². The van der Waals surface area contributed by atoms with Crippen LogP contribution in [0.3, 0.4) is 0 Å². The van der Waals surface area contributed by atoms with Crippen molar-refractivity contribution in [2.45, 2.75) is 45.3 Å². The minimum absolute atomic E-state index is 0.800. The lowest BCUT2D eigenvalue weighted by Crippen LogP contribution is -1.93. The molecular formula is C18H22S. The molecule has 1 atom stereocenters. The second-order valence-corrected chi connectivity index (χ2v) is 6.32. The van der Waals surface area contributed by atoms with Gasteiger partial charge < -0.3 is 0 Å². The molecule has 1 aliphatic rings. The fourth-order valence-electron chi connectivity index (χ4n) is 2.48. The van der Waals surface area contributed by atoms with E-state index in [-0.39, 0.29) is 0 Å². The summed E-state index contributed by atoms with van der Waals surface area (Å²) in [6.07, 6.45) is 5.01. The van der Waals surface area contributed by atoms with Gasteiger partial charge in [0.2, 0.25) is 0 Å². The first-order valence-corrected chi connectivity index (χ1v) is 8.09. The quantitative estimate of drug-likeness (QED) is 0.662. The van der Waals surface area contributed by atoms with Crippen LogP contribution in [0.1, 0.15) is 45.1 Å². The maximum Gasteiger partial charge on any atom is 0.0229 e. The van der Waals surface area contributed by atoms with Gasteiger partial charge in [0, 0.05) is 11.3 Å². The number of allylic oxidation sites excluding steroid dienone is 2. The van der Waals surface area contributed by atoms with Crippen LogP contribution in [-0.2, 0) is 5.75 Å². The molecule has 0 spiro atoms. The van der Waals surface area contributed by atoms with Gasteiger partial charge in [0.15, 0.2) is 0 Å². The minimum atomic E-state index is 0.800. The van der Waals surface area contributed by atoms with Gasteiger partial charge in [-0.1, -0.05) is 49.6 Å². The van der Waals surface area contributed by atoms with E-state index >= 15 is 0 Å². The predicted molar refractivity (Wildman–Crippen MR) is 85.8 cm³/mol. The van der Waals surface area contributed by atoms with Gasteiger partial charge in [-0.2, -0.15) is 0 Å². The summed E-state index contributed by atoms with van der Waals surface area (Å²) in [7, 11) is 0. The summed E-state index contributed by atoms with van der Waals surface area (Å²) >= 11 is 1.99. The number of benzene rings is 1. The normalized spacial score (nSPS) is 19.6. The largest absolute Gasteiger partial charge is 0.125 e. The van der Waals surface area contributed by atoms with Crippen molar-refractivity contribution in [1.29, 1.82) is 0 Å². The molecule has 0 saturated heterocycles. The standard InChI is InChI=1S/C18H22S/c1-3-8-17-12-7-9-15(2)13-18(17)19-14-16-10-5-4-6-11-16/h4-6,10-11,15H,7,9,12-14H2,1-2H3. The van der Waals surface area contributed by atoms with E-state index in [0.29, 0.717) is 0 Å². The second-order valence-electron chi connectivity index (χ2n) is 5.25. The molecule has 100 valence electrons. The molecule has 1 aliphatic carbocycles. The Morgan fingerprint density at radius 3 is 2.79 bits per heavy atom. The summed E-state index contributed by atoms with van der Waals surface area (Å²) in [6, 6.07) is 10.7. The van der Waals surface area contributed by atoms with Gasteiger partial charge in [0.1, 0.15) is 0 Å². The van der Waals surface area contributed by atoms with Crippen molar-refractivity contribution in [3.05, 3.63) is 46.4 Å². The third kappa shape index (κ3) is 4.48. The molecule has 0 nitrogen and oxygen atoms in total. The zero-order valence-electron chi connectivity index (χ0n) is 11.9. The van der Waals surface area contributed by atoms with E-state index in [0.717, 1.165) is 11.7 Å². The van der Waals surface area contributed by atoms with Crippen molar-refractivity contribution in [1.82, 2.24) is 0 Å². The lowest BCUT2D eigenvalue weighted by molar-refractivity contribution is 0.530. The number of rotatable bonds is 3. The van der Waals surface area contributed by atoms with Crippen LogP contribution in [0.15, 0.2) is 40.8 Å². The molecule has 0 amide bonds. The average Bonchev–Trinajstić information content (AvgIpc) is 2.60. The highest BCUT2D eigenvalue weighted by molar-refractivity contribution is 8.02. The Labute approximate surface area is 121 Å². The zero-order valence-corrected chi connectivity index (χ0v) is 12.7. The van der Waals surface area contributed by atoms with Gasteiger partial charge in [-0.3, -0.25) is 0 Å². The molecule has 19 heavy (non-hydrogen) atoms. The van der Waals surface area contributed by atoms with E-state index in [4.69, 9.17) is 0 Å². The third-order valence-electron chi connectivity index (χ3n) is 3.53. The monoisotopic (exact) mass is 270 g/mol. The molecule has 0 N–H and O–H groups in total. The lowest BCUT2D eigenvalue weighted by atomic mass is 10.0. The third-order valence-corrected chi connectivity index (χ3v) is 4.77. The number of hydrogen-bond donors (Lipinski definition) is 0. The lowest BCUT2D eigenvalue weighted by Gasteiger charge is -2.11. The predicted octanol–water partition coefficient (Wildman–Crippen LogP) is 5.41. The van der Waals surface area contributed by atoms with E-state index in [2.05, 4.69) is 49.1 Å². The summed E-state index contributed by atoms with van der Waals surface area (Å²) < 4.78 is 0. The first-order valence-electron chi connectivity index (χ1n) is 7.11. The van der Waals surface area contributed by atoms with Gasteiger partial charge in [-0.05, 0) is 42.6 Å². The van der Waals surface area contributed by atoms with Gasteiger partial charge in [0.25, 0.3) is 0 Å². The molecule has 1 aromatic carbocycles. The molecular weight excluding hydrogens is 248 g/mol. The molecule has 0 heterocycles. The van der Waals surface area contributed by atoms with E-state index in [1.54, 1.807) is 0 Å². The Kier molecular flexibility index (Phi) is 5.61. The molecule has 1 unspecified atom stereocenters. The van der Waals surface area contributed by atoms with Crippen LogP contribution in [0.5, 0.6) is 0 Å². The first-order chi connectivity index (χ1) is 9.29. The smallest absolute Gasteiger partial charge is 0.0229 e. The van der Waals surface area contributed by atoms with Gasteiger partial charge in [0.05, 0.1) is 0 Å². The highest BCUT2D eigenvalue weighted by Gasteiger charge is 2.15. The summed E-state index contributed by atoms with van der Waals surface area (Å²) in [6.45, 7) is 4.31. The summed E-state index contributed by atoms with van der Waals surface area (Å²) in [5, 5.41) is 0. The van der Waals surface area contributed by atoms with Crippen molar-refractivity contribution in [3.8, 4) is 11.8 Å². The topological polar surface area (TPSA) is 0 Å². The maximum atomic E-state index is 3.34. The van der Waals surface area contributed by atoms with Gasteiger partial charge in [-0.15, -0.1) is 17.7 Å². The molecule has 0 aromatic heterocycles. The maximum absolute atomic E-state index is 3.34. The Morgan fingerprint density at radius 1 is 1.26 bits per heavy atom. The van der Waals surface area contributed by atoms with E-state index in [1.807, 2.05) is 18.7 Å².